The number of hydrogen-bond donors (Lipinski definition) is 1. The summed E-state index contributed by atoms with van der Waals surface area (Å²) in [5, 5.41) is 18.8. The normalized spacial score (nSPS) is 27.8. The fourth-order valence-electron chi connectivity index (χ4n) is 4.75. The van der Waals surface area contributed by atoms with Crippen LogP contribution in [0, 0.1) is 0 Å². The summed E-state index contributed by atoms with van der Waals surface area (Å²) in [5.74, 6) is 2.69. The molecular formula is C19H33N5O2. The lowest BCUT2D eigenvalue weighted by atomic mass is 9.94. The van der Waals surface area contributed by atoms with Crippen molar-refractivity contribution in [3.63, 3.8) is 0 Å². The molecule has 1 aromatic rings. The van der Waals surface area contributed by atoms with E-state index in [4.69, 9.17) is 4.74 Å². The Hall–Kier alpha value is -1.02. The molecule has 1 atom stereocenters. The molecule has 26 heavy (non-hydrogen) atoms. The second-order valence-electron chi connectivity index (χ2n) is 8.22. The Bertz CT molecular complexity index is 578. The summed E-state index contributed by atoms with van der Waals surface area (Å²) in [6.45, 7) is 6.87. The molecular weight excluding hydrogens is 330 g/mol. The highest BCUT2D eigenvalue weighted by molar-refractivity contribution is 5.04. The van der Waals surface area contributed by atoms with Gasteiger partial charge in [0.2, 0.25) is 0 Å². The van der Waals surface area contributed by atoms with Gasteiger partial charge in [-0.15, -0.1) is 10.2 Å². The third-order valence-corrected chi connectivity index (χ3v) is 6.45. The van der Waals surface area contributed by atoms with E-state index in [1.165, 1.54) is 19.4 Å². The summed E-state index contributed by atoms with van der Waals surface area (Å²) in [4.78, 5) is 5.05. The first-order chi connectivity index (χ1) is 12.7. The smallest absolute Gasteiger partial charge is 0.146 e. The first kappa shape index (κ1) is 18.3. The second-order valence-corrected chi connectivity index (χ2v) is 8.22. The molecule has 0 bridgehead atoms. The zero-order valence-electron chi connectivity index (χ0n) is 16.0. The molecule has 4 heterocycles. The van der Waals surface area contributed by atoms with Crippen LogP contribution in [0.1, 0.15) is 56.1 Å². The SMILES string of the molecule is Cn1c(CN2CCC(O)CC2)nnc1[C@@H]1CCCN(C2CCOCC2)C1. The number of ether oxygens (including phenoxy) is 1. The number of piperidine rings is 2. The van der Waals surface area contributed by atoms with E-state index in [0.717, 1.165) is 76.7 Å². The van der Waals surface area contributed by atoms with E-state index in [1.54, 1.807) is 0 Å². The summed E-state index contributed by atoms with van der Waals surface area (Å²) in [7, 11) is 2.12. The van der Waals surface area contributed by atoms with Crippen molar-refractivity contribution in [1.82, 2.24) is 24.6 Å². The van der Waals surface area contributed by atoms with E-state index in [2.05, 4.69) is 31.6 Å². The molecule has 3 fully saturated rings. The molecule has 0 aromatic carbocycles. The van der Waals surface area contributed by atoms with Crippen molar-refractivity contribution < 1.29 is 9.84 Å². The van der Waals surface area contributed by atoms with Crippen LogP contribution < -0.4 is 0 Å². The predicted molar refractivity (Wildman–Crippen MR) is 98.9 cm³/mol. The molecule has 3 aliphatic heterocycles. The molecule has 3 saturated heterocycles. The van der Waals surface area contributed by atoms with Crippen molar-refractivity contribution in [3.8, 4) is 0 Å². The second kappa shape index (κ2) is 8.33. The van der Waals surface area contributed by atoms with E-state index in [9.17, 15) is 5.11 Å². The molecule has 7 nitrogen and oxygen atoms in total. The maximum absolute atomic E-state index is 9.68. The Kier molecular flexibility index (Phi) is 5.88. The number of likely N-dealkylation sites (tertiary alicyclic amines) is 2. The summed E-state index contributed by atoms with van der Waals surface area (Å²) in [6, 6.07) is 0.680. The van der Waals surface area contributed by atoms with Crippen molar-refractivity contribution >= 4 is 0 Å². The Balaban J connectivity index is 1.38. The quantitative estimate of drug-likeness (QED) is 0.865. The molecule has 0 saturated carbocycles. The van der Waals surface area contributed by atoms with Gasteiger partial charge in [-0.1, -0.05) is 0 Å². The van der Waals surface area contributed by atoms with Crippen LogP contribution in [0.4, 0.5) is 0 Å². The van der Waals surface area contributed by atoms with Crippen LogP contribution in [0.25, 0.3) is 0 Å². The van der Waals surface area contributed by atoms with Gasteiger partial charge in [0, 0.05) is 51.9 Å². The van der Waals surface area contributed by atoms with Crippen LogP contribution in [0.2, 0.25) is 0 Å². The number of hydrogen-bond acceptors (Lipinski definition) is 6. The van der Waals surface area contributed by atoms with Gasteiger partial charge in [-0.05, 0) is 45.1 Å². The van der Waals surface area contributed by atoms with Gasteiger partial charge in [0.25, 0.3) is 0 Å². The molecule has 7 heteroatoms. The number of aliphatic hydroxyl groups excluding tert-OH is 1. The van der Waals surface area contributed by atoms with Gasteiger partial charge >= 0.3 is 0 Å². The van der Waals surface area contributed by atoms with Crippen molar-refractivity contribution in [2.24, 2.45) is 7.05 Å². The van der Waals surface area contributed by atoms with Crippen LogP contribution in [-0.2, 0) is 18.3 Å². The van der Waals surface area contributed by atoms with E-state index in [1.807, 2.05) is 0 Å². The minimum Gasteiger partial charge on any atom is -0.393 e. The topological polar surface area (TPSA) is 66.7 Å². The molecule has 0 radical (unpaired) electrons. The van der Waals surface area contributed by atoms with Gasteiger partial charge < -0.3 is 14.4 Å². The van der Waals surface area contributed by atoms with E-state index >= 15 is 0 Å². The summed E-state index contributed by atoms with van der Waals surface area (Å²) < 4.78 is 7.76. The third-order valence-electron chi connectivity index (χ3n) is 6.45. The average Bonchev–Trinajstić information content (AvgIpc) is 3.05. The number of aliphatic hydroxyl groups is 1. The van der Waals surface area contributed by atoms with E-state index in [-0.39, 0.29) is 6.10 Å². The number of aromatic nitrogens is 3. The van der Waals surface area contributed by atoms with Crippen LogP contribution in [-0.4, -0.2) is 81.2 Å². The zero-order valence-corrected chi connectivity index (χ0v) is 16.0. The lowest BCUT2D eigenvalue weighted by Crippen LogP contribution is -2.45. The number of nitrogens with zero attached hydrogens (tertiary/aromatic N) is 5. The van der Waals surface area contributed by atoms with Gasteiger partial charge in [-0.25, -0.2) is 0 Å². The van der Waals surface area contributed by atoms with Gasteiger partial charge in [0.15, 0.2) is 0 Å². The molecule has 0 aliphatic carbocycles. The van der Waals surface area contributed by atoms with Gasteiger partial charge in [0.05, 0.1) is 12.6 Å². The maximum atomic E-state index is 9.68. The summed E-state index contributed by atoms with van der Waals surface area (Å²) in [6.07, 6.45) is 6.39. The highest BCUT2D eigenvalue weighted by Gasteiger charge is 2.30. The highest BCUT2D eigenvalue weighted by atomic mass is 16.5. The number of rotatable bonds is 4. The van der Waals surface area contributed by atoms with Gasteiger partial charge in [-0.3, -0.25) is 9.80 Å². The Labute approximate surface area is 156 Å². The third kappa shape index (κ3) is 4.11. The molecule has 0 amide bonds. The largest absolute Gasteiger partial charge is 0.393 e. The fraction of sp³-hybridized carbons (Fsp3) is 0.895. The minimum absolute atomic E-state index is 0.125. The van der Waals surface area contributed by atoms with Gasteiger partial charge in [-0.2, -0.15) is 0 Å². The zero-order chi connectivity index (χ0) is 17.9. The molecule has 0 unspecified atom stereocenters. The average molecular weight is 364 g/mol. The van der Waals surface area contributed by atoms with Crippen LogP contribution in [0.3, 0.4) is 0 Å². The Morgan fingerprint density at radius 1 is 1.04 bits per heavy atom. The van der Waals surface area contributed by atoms with Crippen molar-refractivity contribution in [3.05, 3.63) is 11.6 Å². The molecule has 0 spiro atoms. The van der Waals surface area contributed by atoms with E-state index < -0.39 is 0 Å². The molecule has 1 N–H and O–H groups in total. The van der Waals surface area contributed by atoms with Crippen LogP contribution in [0.15, 0.2) is 0 Å². The first-order valence-corrected chi connectivity index (χ1v) is 10.3. The Morgan fingerprint density at radius 3 is 2.58 bits per heavy atom. The van der Waals surface area contributed by atoms with E-state index in [0.29, 0.717) is 12.0 Å². The summed E-state index contributed by atoms with van der Waals surface area (Å²) in [5.41, 5.74) is 0. The molecule has 146 valence electrons. The predicted octanol–water partition coefficient (Wildman–Crippen LogP) is 1.13. The fourth-order valence-corrected chi connectivity index (χ4v) is 4.75. The van der Waals surface area contributed by atoms with Crippen molar-refractivity contribution in [1.29, 1.82) is 0 Å². The Morgan fingerprint density at radius 2 is 1.81 bits per heavy atom. The van der Waals surface area contributed by atoms with Crippen molar-refractivity contribution in [2.45, 2.75) is 63.1 Å². The molecule has 3 aliphatic rings. The minimum atomic E-state index is -0.125. The molecule has 4 rings (SSSR count). The maximum Gasteiger partial charge on any atom is 0.146 e. The van der Waals surface area contributed by atoms with Crippen LogP contribution in [0.5, 0.6) is 0 Å². The lowest BCUT2D eigenvalue weighted by Gasteiger charge is -2.39. The van der Waals surface area contributed by atoms with Crippen LogP contribution >= 0.6 is 0 Å². The highest BCUT2D eigenvalue weighted by Crippen LogP contribution is 2.29. The standard InChI is InChI=1S/C19H33N5O2/c1-22-18(14-23-9-4-17(25)5-10-23)20-21-19(22)15-3-2-8-24(13-15)16-6-11-26-12-7-16/h15-17,25H,2-14H2,1H3/t15-/m1/s1. The monoisotopic (exact) mass is 363 g/mol. The van der Waals surface area contributed by atoms with Crippen molar-refractivity contribution in [2.75, 3.05) is 39.4 Å². The molecule has 1 aromatic heterocycles. The first-order valence-electron chi connectivity index (χ1n) is 10.3. The van der Waals surface area contributed by atoms with Gasteiger partial charge in [0.1, 0.15) is 11.6 Å². The summed E-state index contributed by atoms with van der Waals surface area (Å²) >= 11 is 0. The lowest BCUT2D eigenvalue weighted by molar-refractivity contribution is 0.0233.